The van der Waals surface area contributed by atoms with Crippen LogP contribution in [0.5, 0.6) is 0 Å². The van der Waals surface area contributed by atoms with E-state index in [-0.39, 0.29) is 12.4 Å². The van der Waals surface area contributed by atoms with Gasteiger partial charge in [-0.3, -0.25) is 4.79 Å². The SMILES string of the molecule is O=C(CCC/C=N/OCc1ccccc1)COCc1ccccc1. The summed E-state index contributed by atoms with van der Waals surface area (Å²) in [5.74, 6) is 0.115. The third-order valence-corrected chi connectivity index (χ3v) is 3.39. The fraction of sp³-hybridized carbons (Fsp3) is 0.300. The first-order chi connectivity index (χ1) is 11.8. The van der Waals surface area contributed by atoms with Crippen molar-refractivity contribution in [1.29, 1.82) is 0 Å². The number of ketones is 1. The van der Waals surface area contributed by atoms with E-state index in [1.165, 1.54) is 0 Å². The van der Waals surface area contributed by atoms with Crippen molar-refractivity contribution >= 4 is 12.0 Å². The van der Waals surface area contributed by atoms with Crippen LogP contribution in [0.3, 0.4) is 0 Å². The van der Waals surface area contributed by atoms with Gasteiger partial charge in [0.15, 0.2) is 5.78 Å². The summed E-state index contributed by atoms with van der Waals surface area (Å²) >= 11 is 0. The van der Waals surface area contributed by atoms with Gasteiger partial charge in [-0.1, -0.05) is 65.8 Å². The van der Waals surface area contributed by atoms with Crippen LogP contribution in [-0.2, 0) is 27.6 Å². The molecule has 4 heteroatoms. The molecule has 0 aliphatic carbocycles. The minimum absolute atomic E-state index is 0.115. The molecule has 0 aliphatic rings. The fourth-order valence-electron chi connectivity index (χ4n) is 2.11. The second-order valence-corrected chi connectivity index (χ2v) is 5.46. The summed E-state index contributed by atoms with van der Waals surface area (Å²) in [6.07, 6.45) is 3.69. The van der Waals surface area contributed by atoms with Crippen molar-refractivity contribution in [2.45, 2.75) is 32.5 Å². The minimum atomic E-state index is 0.115. The van der Waals surface area contributed by atoms with E-state index in [0.29, 0.717) is 19.6 Å². The summed E-state index contributed by atoms with van der Waals surface area (Å²) in [7, 11) is 0. The molecule has 4 nitrogen and oxygen atoms in total. The lowest BCUT2D eigenvalue weighted by Gasteiger charge is -2.03. The molecule has 0 saturated carbocycles. The van der Waals surface area contributed by atoms with Crippen LogP contribution in [0.25, 0.3) is 0 Å². The van der Waals surface area contributed by atoms with Crippen LogP contribution in [-0.4, -0.2) is 18.6 Å². The molecule has 0 atom stereocenters. The number of rotatable bonds is 11. The van der Waals surface area contributed by atoms with Crippen LogP contribution in [0.15, 0.2) is 65.8 Å². The van der Waals surface area contributed by atoms with Crippen molar-refractivity contribution in [3.8, 4) is 0 Å². The van der Waals surface area contributed by atoms with E-state index in [9.17, 15) is 4.79 Å². The van der Waals surface area contributed by atoms with Gasteiger partial charge in [0.2, 0.25) is 0 Å². The molecule has 24 heavy (non-hydrogen) atoms. The fourth-order valence-corrected chi connectivity index (χ4v) is 2.11. The first-order valence-corrected chi connectivity index (χ1v) is 8.15. The number of benzene rings is 2. The molecule has 0 saturated heterocycles. The Hall–Kier alpha value is -2.46. The van der Waals surface area contributed by atoms with E-state index < -0.39 is 0 Å². The molecule has 0 N–H and O–H groups in total. The average Bonchev–Trinajstić information content (AvgIpc) is 2.63. The molecule has 0 bridgehead atoms. The Morgan fingerprint density at radius 2 is 1.54 bits per heavy atom. The second-order valence-electron chi connectivity index (χ2n) is 5.46. The van der Waals surface area contributed by atoms with Gasteiger partial charge in [0.05, 0.1) is 6.61 Å². The van der Waals surface area contributed by atoms with Crippen molar-refractivity contribution in [1.82, 2.24) is 0 Å². The topological polar surface area (TPSA) is 47.9 Å². The molecule has 0 heterocycles. The number of hydrogen-bond donors (Lipinski definition) is 0. The first kappa shape index (κ1) is 17.9. The van der Waals surface area contributed by atoms with Crippen LogP contribution < -0.4 is 0 Å². The molecule has 2 aromatic rings. The number of nitrogens with zero attached hydrogens (tertiary/aromatic N) is 1. The van der Waals surface area contributed by atoms with Gasteiger partial charge in [-0.15, -0.1) is 0 Å². The van der Waals surface area contributed by atoms with E-state index in [4.69, 9.17) is 9.57 Å². The van der Waals surface area contributed by atoms with Gasteiger partial charge in [-0.2, -0.15) is 0 Å². The highest BCUT2D eigenvalue weighted by Gasteiger charge is 2.01. The summed E-state index contributed by atoms with van der Waals surface area (Å²) in [6.45, 7) is 1.10. The summed E-state index contributed by atoms with van der Waals surface area (Å²) in [4.78, 5) is 16.9. The van der Waals surface area contributed by atoms with Gasteiger partial charge in [-0.05, 0) is 24.0 Å². The Kier molecular flexibility index (Phi) is 8.30. The zero-order chi connectivity index (χ0) is 16.9. The van der Waals surface area contributed by atoms with Gasteiger partial charge in [0.25, 0.3) is 0 Å². The number of ether oxygens (including phenoxy) is 1. The highest BCUT2D eigenvalue weighted by atomic mass is 16.6. The van der Waals surface area contributed by atoms with Crippen LogP contribution in [0, 0.1) is 0 Å². The summed E-state index contributed by atoms with van der Waals surface area (Å²) < 4.78 is 5.42. The third kappa shape index (κ3) is 7.70. The highest BCUT2D eigenvalue weighted by Crippen LogP contribution is 2.03. The maximum absolute atomic E-state index is 11.7. The number of carbonyl (C=O) groups excluding carboxylic acids is 1. The lowest BCUT2D eigenvalue weighted by atomic mass is 10.2. The Morgan fingerprint density at radius 1 is 0.917 bits per heavy atom. The van der Waals surface area contributed by atoms with Gasteiger partial charge in [-0.25, -0.2) is 0 Å². The molecule has 2 aromatic carbocycles. The first-order valence-electron chi connectivity index (χ1n) is 8.15. The predicted octanol–water partition coefficient (Wildman–Crippen LogP) is 4.15. The standard InChI is InChI=1S/C20H23NO3/c22-20(17-23-15-18-9-3-1-4-10-18)13-7-8-14-21-24-16-19-11-5-2-6-12-19/h1-6,9-12,14H,7-8,13,15-17H2/b21-14+. The van der Waals surface area contributed by atoms with Gasteiger partial charge in [0.1, 0.15) is 13.2 Å². The number of hydrogen-bond acceptors (Lipinski definition) is 4. The van der Waals surface area contributed by atoms with Crippen molar-refractivity contribution in [2.24, 2.45) is 5.16 Å². The lowest BCUT2D eigenvalue weighted by Crippen LogP contribution is -2.08. The summed E-state index contributed by atoms with van der Waals surface area (Å²) in [5, 5.41) is 3.90. The molecule has 126 valence electrons. The zero-order valence-electron chi connectivity index (χ0n) is 13.8. The maximum atomic E-state index is 11.7. The van der Waals surface area contributed by atoms with Crippen molar-refractivity contribution in [2.75, 3.05) is 6.61 Å². The van der Waals surface area contributed by atoms with Gasteiger partial charge >= 0.3 is 0 Å². The number of oxime groups is 1. The number of carbonyl (C=O) groups is 1. The molecule has 2 rings (SSSR count). The maximum Gasteiger partial charge on any atom is 0.158 e. The molecular formula is C20H23NO3. The Bertz CT molecular complexity index is 611. The predicted molar refractivity (Wildman–Crippen MR) is 94.7 cm³/mol. The highest BCUT2D eigenvalue weighted by molar-refractivity contribution is 5.79. The van der Waals surface area contributed by atoms with E-state index in [1.807, 2.05) is 60.7 Å². The van der Waals surface area contributed by atoms with E-state index in [2.05, 4.69) is 5.16 Å². The van der Waals surface area contributed by atoms with E-state index in [1.54, 1.807) is 6.21 Å². The van der Waals surface area contributed by atoms with Crippen molar-refractivity contribution < 1.29 is 14.4 Å². The zero-order valence-corrected chi connectivity index (χ0v) is 13.8. The summed E-state index contributed by atoms with van der Waals surface area (Å²) in [5.41, 5.74) is 2.16. The quantitative estimate of drug-likeness (QED) is 0.354. The second kappa shape index (κ2) is 11.1. The lowest BCUT2D eigenvalue weighted by molar-refractivity contribution is -0.124. The number of unbranched alkanes of at least 4 members (excludes halogenated alkanes) is 1. The molecule has 0 aliphatic heterocycles. The monoisotopic (exact) mass is 325 g/mol. The van der Waals surface area contributed by atoms with Gasteiger partial charge in [0, 0.05) is 12.6 Å². The molecule has 0 aromatic heterocycles. The van der Waals surface area contributed by atoms with Crippen LogP contribution >= 0.6 is 0 Å². The Labute approximate surface area is 143 Å². The minimum Gasteiger partial charge on any atom is -0.391 e. The van der Waals surface area contributed by atoms with Gasteiger partial charge < -0.3 is 9.57 Å². The average molecular weight is 325 g/mol. The largest absolute Gasteiger partial charge is 0.391 e. The molecule has 0 fully saturated rings. The smallest absolute Gasteiger partial charge is 0.158 e. The van der Waals surface area contributed by atoms with Crippen LogP contribution in [0.4, 0.5) is 0 Å². The normalized spacial score (nSPS) is 10.8. The van der Waals surface area contributed by atoms with E-state index >= 15 is 0 Å². The van der Waals surface area contributed by atoms with Crippen molar-refractivity contribution in [3.05, 3.63) is 71.8 Å². The third-order valence-electron chi connectivity index (χ3n) is 3.39. The number of Topliss-reactive ketones (excluding diaryl/α,β-unsaturated/α-hetero) is 1. The van der Waals surface area contributed by atoms with Crippen molar-refractivity contribution in [3.63, 3.8) is 0 Å². The molecular weight excluding hydrogens is 302 g/mol. The molecule has 0 amide bonds. The molecule has 0 spiro atoms. The Morgan fingerprint density at radius 3 is 2.21 bits per heavy atom. The summed E-state index contributed by atoms with van der Waals surface area (Å²) in [6, 6.07) is 19.7. The van der Waals surface area contributed by atoms with Crippen LogP contribution in [0.2, 0.25) is 0 Å². The Balaban J connectivity index is 1.47. The van der Waals surface area contributed by atoms with Crippen LogP contribution in [0.1, 0.15) is 30.4 Å². The molecule has 0 radical (unpaired) electrons. The molecule has 0 unspecified atom stereocenters. The van der Waals surface area contributed by atoms with E-state index in [0.717, 1.165) is 24.0 Å².